The summed E-state index contributed by atoms with van der Waals surface area (Å²) in [4.78, 5) is 39.1. The van der Waals surface area contributed by atoms with Crippen LogP contribution in [0.2, 0.25) is 0 Å². The highest BCUT2D eigenvalue weighted by atomic mass is 19.4. The van der Waals surface area contributed by atoms with Gasteiger partial charge in [-0.3, -0.25) is 14.4 Å². The molecule has 0 aliphatic heterocycles. The fourth-order valence-corrected chi connectivity index (χ4v) is 4.56. The molecule has 2 N–H and O–H groups in total. The molecule has 0 aromatic heterocycles. The number of amides is 2. The topological polar surface area (TPSA) is 80.5 Å². The van der Waals surface area contributed by atoms with Gasteiger partial charge in [0.2, 0.25) is 5.91 Å². The van der Waals surface area contributed by atoms with E-state index in [0.29, 0.717) is 23.4 Å². The van der Waals surface area contributed by atoms with Gasteiger partial charge in [0.05, 0.1) is 0 Å². The van der Waals surface area contributed by atoms with E-state index in [2.05, 4.69) is 0 Å². The van der Waals surface area contributed by atoms with Crippen LogP contribution in [0.4, 0.5) is 36.4 Å². The second kappa shape index (κ2) is 12.3. The van der Waals surface area contributed by atoms with E-state index in [1.807, 2.05) is 0 Å². The monoisotopic (exact) mass is 596 g/mol. The van der Waals surface area contributed by atoms with E-state index in [1.165, 1.54) is 36.9 Å². The number of anilines is 1. The van der Waals surface area contributed by atoms with Gasteiger partial charge < -0.3 is 10.6 Å². The van der Waals surface area contributed by atoms with Crippen molar-refractivity contribution in [2.45, 2.75) is 51.1 Å². The van der Waals surface area contributed by atoms with Gasteiger partial charge >= 0.3 is 18.0 Å². The predicted octanol–water partition coefficient (Wildman–Crippen LogP) is 6.93. The minimum absolute atomic E-state index is 0.00852. The molecule has 0 saturated heterocycles. The molecule has 0 saturated carbocycles. The van der Waals surface area contributed by atoms with Gasteiger partial charge in [-0.05, 0) is 61.2 Å². The van der Waals surface area contributed by atoms with Crippen LogP contribution in [-0.4, -0.2) is 36.5 Å². The number of hydrogen-bond donors (Lipinski definition) is 1. The minimum Gasteiger partial charge on any atom is -0.370 e. The molecule has 3 rings (SSSR count). The number of benzene rings is 3. The van der Waals surface area contributed by atoms with Crippen molar-refractivity contribution in [2.24, 2.45) is 5.73 Å². The fourth-order valence-electron chi connectivity index (χ4n) is 4.56. The van der Waals surface area contributed by atoms with Crippen LogP contribution in [0, 0.1) is 13.8 Å². The lowest BCUT2D eigenvalue weighted by Crippen LogP contribution is -2.50. The van der Waals surface area contributed by atoms with E-state index in [9.17, 15) is 45.1 Å². The lowest BCUT2D eigenvalue weighted by molar-refractivity contribution is -0.348. The number of ketones is 1. The average Bonchev–Trinajstić information content (AvgIpc) is 2.91. The number of nitrogens with two attached hydrogens (primary N) is 1. The van der Waals surface area contributed by atoms with Crippen molar-refractivity contribution in [3.8, 4) is 0 Å². The molecule has 3 aromatic carbocycles. The van der Waals surface area contributed by atoms with Gasteiger partial charge in [-0.2, -0.15) is 26.3 Å². The number of primary amides is 1. The molecule has 0 radical (unpaired) electrons. The van der Waals surface area contributed by atoms with Crippen molar-refractivity contribution in [1.82, 2.24) is 0 Å². The fraction of sp³-hybridized carbons (Fsp3) is 0.300. The van der Waals surface area contributed by atoms with E-state index in [-0.39, 0.29) is 41.6 Å². The zero-order valence-electron chi connectivity index (χ0n) is 22.6. The molecule has 0 unspecified atom stereocenters. The molecule has 12 heteroatoms. The molecule has 0 aliphatic carbocycles. The van der Waals surface area contributed by atoms with Gasteiger partial charge in [0, 0.05) is 41.8 Å². The third-order valence-electron chi connectivity index (χ3n) is 6.76. The highest BCUT2D eigenvalue weighted by molar-refractivity contribution is 6.07. The summed E-state index contributed by atoms with van der Waals surface area (Å²) in [6.07, 6.45) is -12.7. The molecule has 0 atom stereocenters. The number of alkyl halides is 7. The number of aryl methyl sites for hydroxylation is 2. The maximum absolute atomic E-state index is 14.6. The van der Waals surface area contributed by atoms with Crippen LogP contribution >= 0.6 is 0 Å². The molecule has 2 amide bonds. The van der Waals surface area contributed by atoms with Crippen LogP contribution in [-0.2, 0) is 16.9 Å². The van der Waals surface area contributed by atoms with E-state index in [1.54, 1.807) is 36.4 Å². The molecule has 0 aliphatic rings. The first-order valence-electron chi connectivity index (χ1n) is 12.7. The first-order valence-corrected chi connectivity index (χ1v) is 12.7. The zero-order valence-corrected chi connectivity index (χ0v) is 22.6. The molecule has 42 heavy (non-hydrogen) atoms. The standard InChI is InChI=1S/C30H27F7N2O3/c1-18-14-22(28(31,29(32,33)34)30(35,36)37)15-19(2)24(18)17-25(40)21-10-6-11-23(16-21)39(13-7-12-26(38)41)27(42)20-8-4-3-5-9-20/h3-6,8-11,14-16H,7,12-13,17H2,1-2H3,(H2,38,41). The lowest BCUT2D eigenvalue weighted by atomic mass is 9.87. The first-order chi connectivity index (χ1) is 19.5. The Hall–Kier alpha value is -4.22. The number of halogens is 7. The summed E-state index contributed by atoms with van der Waals surface area (Å²) in [5, 5.41) is 0. The van der Waals surface area contributed by atoms with Crippen molar-refractivity contribution in [3.05, 3.63) is 100 Å². The van der Waals surface area contributed by atoms with Crippen LogP contribution in [0.5, 0.6) is 0 Å². The molecule has 0 heterocycles. The van der Waals surface area contributed by atoms with Crippen LogP contribution in [0.1, 0.15) is 55.8 Å². The highest BCUT2D eigenvalue weighted by Crippen LogP contribution is 2.53. The van der Waals surface area contributed by atoms with Gasteiger partial charge in [0.25, 0.3) is 5.91 Å². The molecule has 224 valence electrons. The Labute approximate surface area is 237 Å². The second-order valence-electron chi connectivity index (χ2n) is 9.79. The Morgan fingerprint density at radius 1 is 0.762 bits per heavy atom. The number of carbonyl (C=O) groups excluding carboxylic acids is 3. The highest BCUT2D eigenvalue weighted by Gasteiger charge is 2.73. The average molecular weight is 597 g/mol. The summed E-state index contributed by atoms with van der Waals surface area (Å²) in [5.74, 6) is -1.51. The molecule has 0 bridgehead atoms. The summed E-state index contributed by atoms with van der Waals surface area (Å²) in [6.45, 7) is 2.49. The van der Waals surface area contributed by atoms with Crippen LogP contribution in [0.25, 0.3) is 0 Å². The maximum atomic E-state index is 14.6. The number of hydrogen-bond acceptors (Lipinski definition) is 3. The quantitative estimate of drug-likeness (QED) is 0.204. The van der Waals surface area contributed by atoms with Gasteiger partial charge in [0.1, 0.15) is 0 Å². The first kappa shape index (κ1) is 32.3. The molecule has 0 fully saturated rings. The van der Waals surface area contributed by atoms with Crippen molar-refractivity contribution >= 4 is 23.3 Å². The van der Waals surface area contributed by atoms with Crippen LogP contribution in [0.3, 0.4) is 0 Å². The van der Waals surface area contributed by atoms with Gasteiger partial charge in [-0.1, -0.05) is 42.5 Å². The van der Waals surface area contributed by atoms with Gasteiger partial charge in [0.15, 0.2) is 5.78 Å². The van der Waals surface area contributed by atoms with Crippen molar-refractivity contribution in [3.63, 3.8) is 0 Å². The number of Topliss-reactive ketones (excluding diaryl/α,β-unsaturated/α-hetero) is 1. The van der Waals surface area contributed by atoms with Crippen LogP contribution in [0.15, 0.2) is 66.7 Å². The number of carbonyl (C=O) groups is 3. The summed E-state index contributed by atoms with van der Waals surface area (Å²) in [7, 11) is 0. The second-order valence-corrected chi connectivity index (χ2v) is 9.79. The largest absolute Gasteiger partial charge is 0.435 e. The maximum Gasteiger partial charge on any atom is 0.435 e. The number of nitrogens with zero attached hydrogens (tertiary/aromatic N) is 1. The smallest absolute Gasteiger partial charge is 0.370 e. The Balaban J connectivity index is 1.94. The molecular weight excluding hydrogens is 569 g/mol. The molecule has 0 spiro atoms. The van der Waals surface area contributed by atoms with E-state index < -0.39 is 47.6 Å². The number of rotatable bonds is 10. The van der Waals surface area contributed by atoms with Crippen molar-refractivity contribution < 1.29 is 45.1 Å². The SMILES string of the molecule is Cc1cc(C(F)(C(F)(F)F)C(F)(F)F)cc(C)c1CC(=O)c1cccc(N(CCCC(N)=O)C(=O)c2ccccc2)c1. The predicted molar refractivity (Wildman–Crippen MR) is 142 cm³/mol. The molecule has 3 aromatic rings. The lowest BCUT2D eigenvalue weighted by Gasteiger charge is -2.31. The Bertz CT molecular complexity index is 1430. The summed E-state index contributed by atoms with van der Waals surface area (Å²) >= 11 is 0. The molecular formula is C30H27F7N2O3. The minimum atomic E-state index is -6.26. The Kier molecular flexibility index (Phi) is 9.49. The van der Waals surface area contributed by atoms with Crippen LogP contribution < -0.4 is 10.6 Å². The summed E-state index contributed by atoms with van der Waals surface area (Å²) in [5.41, 5.74) is -1.32. The zero-order chi connectivity index (χ0) is 31.5. The van der Waals surface area contributed by atoms with Gasteiger partial charge in [-0.15, -0.1) is 0 Å². The van der Waals surface area contributed by atoms with Gasteiger partial charge in [-0.25, -0.2) is 4.39 Å². The van der Waals surface area contributed by atoms with Crippen molar-refractivity contribution in [2.75, 3.05) is 11.4 Å². The third-order valence-corrected chi connectivity index (χ3v) is 6.76. The summed E-state index contributed by atoms with van der Waals surface area (Å²) in [6, 6.07) is 15.1. The Morgan fingerprint density at radius 2 is 1.31 bits per heavy atom. The Morgan fingerprint density at radius 3 is 1.83 bits per heavy atom. The van der Waals surface area contributed by atoms with E-state index in [4.69, 9.17) is 5.73 Å². The van der Waals surface area contributed by atoms with Crippen molar-refractivity contribution in [1.29, 1.82) is 0 Å². The molecule has 5 nitrogen and oxygen atoms in total. The third kappa shape index (κ3) is 6.80. The normalized spacial score (nSPS) is 12.2. The van der Waals surface area contributed by atoms with E-state index in [0.717, 1.165) is 0 Å². The van der Waals surface area contributed by atoms with E-state index >= 15 is 0 Å². The summed E-state index contributed by atoms with van der Waals surface area (Å²) < 4.78 is 94.2.